The van der Waals surface area contributed by atoms with E-state index in [9.17, 15) is 18.3 Å². The van der Waals surface area contributed by atoms with E-state index >= 15 is 0 Å². The summed E-state index contributed by atoms with van der Waals surface area (Å²) in [4.78, 5) is 9.82. The Kier molecular flexibility index (Phi) is 4.59. The quantitative estimate of drug-likeness (QED) is 0.907. The number of benzene rings is 1. The van der Waals surface area contributed by atoms with E-state index in [0.29, 0.717) is 19.0 Å². The summed E-state index contributed by atoms with van der Waals surface area (Å²) in [6.45, 7) is 1.43. The summed E-state index contributed by atoms with van der Waals surface area (Å²) in [6.07, 6.45) is -5.14. The van der Waals surface area contributed by atoms with Crippen LogP contribution in [-0.2, 0) is 0 Å². The number of nitrogens with one attached hydrogen (secondary N) is 1. The van der Waals surface area contributed by atoms with Crippen LogP contribution < -0.4 is 0 Å². The molecule has 1 atom stereocenters. The second kappa shape index (κ2) is 6.49. The number of halogens is 3. The predicted octanol–water partition coefficient (Wildman–Crippen LogP) is 3.06. The number of aromatic amines is 1. The van der Waals surface area contributed by atoms with Crippen LogP contribution in [0.2, 0.25) is 0 Å². The van der Waals surface area contributed by atoms with Crippen LogP contribution in [0.5, 0.6) is 0 Å². The highest BCUT2D eigenvalue weighted by atomic mass is 19.4. The smallest absolute Gasteiger partial charge is 0.391 e. The lowest BCUT2D eigenvalue weighted by Gasteiger charge is -2.32. The Morgan fingerprint density at radius 1 is 1.26 bits per heavy atom. The Bertz CT molecular complexity index is 614. The number of aromatic nitrogens is 2. The second-order valence-corrected chi connectivity index (χ2v) is 6.19. The van der Waals surface area contributed by atoms with E-state index in [2.05, 4.69) is 9.97 Å². The van der Waals surface area contributed by atoms with Crippen LogP contribution in [0, 0.1) is 0 Å². The first-order chi connectivity index (χ1) is 10.9. The van der Waals surface area contributed by atoms with Gasteiger partial charge in [0.2, 0.25) is 0 Å². The minimum absolute atomic E-state index is 0.0758. The summed E-state index contributed by atoms with van der Waals surface area (Å²) in [5.74, 6) is 1.24. The van der Waals surface area contributed by atoms with Gasteiger partial charge in [0.1, 0.15) is 5.82 Å². The van der Waals surface area contributed by atoms with Gasteiger partial charge in [0.15, 0.2) is 0 Å². The number of imidazole rings is 1. The normalized spacial score (nSPS) is 19.3. The molecule has 126 valence electrons. The molecule has 0 aliphatic carbocycles. The summed E-state index contributed by atoms with van der Waals surface area (Å²) < 4.78 is 36.8. The highest BCUT2D eigenvalue weighted by molar-refractivity contribution is 5.74. The monoisotopic (exact) mass is 327 g/mol. The molecule has 0 radical (unpaired) electrons. The molecule has 1 aromatic carbocycles. The van der Waals surface area contributed by atoms with E-state index in [1.807, 2.05) is 29.2 Å². The van der Waals surface area contributed by atoms with E-state index in [0.717, 1.165) is 29.7 Å². The molecule has 0 saturated carbocycles. The van der Waals surface area contributed by atoms with Crippen molar-refractivity contribution in [2.24, 2.45) is 0 Å². The number of H-pyrrole nitrogens is 1. The van der Waals surface area contributed by atoms with Crippen molar-refractivity contribution < 1.29 is 18.3 Å². The Hall–Kier alpha value is -1.60. The average molecular weight is 327 g/mol. The van der Waals surface area contributed by atoms with Crippen LogP contribution in [0.1, 0.15) is 31.0 Å². The molecule has 2 heterocycles. The third-order valence-electron chi connectivity index (χ3n) is 4.32. The summed E-state index contributed by atoms with van der Waals surface area (Å²) in [5.41, 5.74) is 1.94. The number of hydrogen-bond donors (Lipinski definition) is 2. The van der Waals surface area contributed by atoms with Crippen molar-refractivity contribution in [3.8, 4) is 0 Å². The van der Waals surface area contributed by atoms with Crippen molar-refractivity contribution in [2.45, 2.75) is 37.5 Å². The fourth-order valence-corrected chi connectivity index (χ4v) is 3.18. The molecule has 4 nitrogen and oxygen atoms in total. The molecule has 1 fully saturated rings. The molecule has 1 aliphatic heterocycles. The molecule has 1 aromatic heterocycles. The topological polar surface area (TPSA) is 52.1 Å². The lowest BCUT2D eigenvalue weighted by molar-refractivity contribution is -0.155. The van der Waals surface area contributed by atoms with Gasteiger partial charge < -0.3 is 15.0 Å². The number of β-amino-alcohol motifs (C(OH)–C–C–N with tert-alkyl or cyclic N) is 1. The maximum atomic E-state index is 12.3. The largest absolute Gasteiger partial charge is 0.391 e. The maximum absolute atomic E-state index is 12.3. The Morgan fingerprint density at radius 3 is 2.61 bits per heavy atom. The van der Waals surface area contributed by atoms with Crippen molar-refractivity contribution >= 4 is 11.0 Å². The van der Waals surface area contributed by atoms with Crippen molar-refractivity contribution in [1.29, 1.82) is 0 Å². The van der Waals surface area contributed by atoms with E-state index in [-0.39, 0.29) is 6.54 Å². The van der Waals surface area contributed by atoms with Gasteiger partial charge in [-0.3, -0.25) is 0 Å². The van der Waals surface area contributed by atoms with E-state index < -0.39 is 18.7 Å². The summed E-state index contributed by atoms with van der Waals surface area (Å²) in [5, 5.41) is 9.54. The number of alkyl halides is 3. The predicted molar refractivity (Wildman–Crippen MR) is 81.2 cm³/mol. The van der Waals surface area contributed by atoms with Gasteiger partial charge in [-0.25, -0.2) is 4.98 Å². The lowest BCUT2D eigenvalue weighted by Crippen LogP contribution is -2.39. The first kappa shape index (κ1) is 16.3. The number of likely N-dealkylation sites (tertiary alicyclic amines) is 1. The lowest BCUT2D eigenvalue weighted by atomic mass is 9.96. The number of fused-ring (bicyclic) bond motifs is 1. The van der Waals surface area contributed by atoms with Gasteiger partial charge >= 0.3 is 6.18 Å². The van der Waals surface area contributed by atoms with Gasteiger partial charge in [-0.2, -0.15) is 13.2 Å². The van der Waals surface area contributed by atoms with E-state index in [4.69, 9.17) is 0 Å². The van der Waals surface area contributed by atoms with Crippen molar-refractivity contribution in [2.75, 3.05) is 19.6 Å². The van der Waals surface area contributed by atoms with Crippen LogP contribution in [0.4, 0.5) is 13.2 Å². The van der Waals surface area contributed by atoms with Crippen LogP contribution in [-0.4, -0.2) is 51.9 Å². The summed E-state index contributed by atoms with van der Waals surface area (Å²) in [6, 6.07) is 7.83. The SMILES string of the molecule is O[C@@H](CN1CCC(c2nc3ccccc3[nH]2)CC1)CC(F)(F)F. The first-order valence-electron chi connectivity index (χ1n) is 7.82. The molecule has 7 heteroatoms. The number of rotatable bonds is 4. The van der Waals surface area contributed by atoms with E-state index in [1.165, 1.54) is 0 Å². The van der Waals surface area contributed by atoms with Gasteiger partial charge in [-0.05, 0) is 38.1 Å². The highest BCUT2D eigenvalue weighted by Crippen LogP contribution is 2.28. The molecule has 2 aromatic rings. The molecule has 1 aliphatic rings. The molecule has 0 unspecified atom stereocenters. The van der Waals surface area contributed by atoms with Crippen LogP contribution in [0.3, 0.4) is 0 Å². The molecule has 2 N–H and O–H groups in total. The van der Waals surface area contributed by atoms with Gasteiger partial charge in [0.05, 0.1) is 23.6 Å². The van der Waals surface area contributed by atoms with Crippen LogP contribution >= 0.6 is 0 Å². The number of nitrogens with zero attached hydrogens (tertiary/aromatic N) is 2. The Balaban J connectivity index is 1.54. The molecule has 0 spiro atoms. The van der Waals surface area contributed by atoms with E-state index in [1.54, 1.807) is 0 Å². The van der Waals surface area contributed by atoms with Crippen molar-refractivity contribution in [3.63, 3.8) is 0 Å². The Labute approximate surface area is 132 Å². The fraction of sp³-hybridized carbons (Fsp3) is 0.562. The second-order valence-electron chi connectivity index (χ2n) is 6.19. The van der Waals surface area contributed by atoms with Crippen molar-refractivity contribution in [3.05, 3.63) is 30.1 Å². The van der Waals surface area contributed by atoms with Crippen LogP contribution in [0.25, 0.3) is 11.0 Å². The molecule has 3 rings (SSSR count). The van der Waals surface area contributed by atoms with Crippen LogP contribution in [0.15, 0.2) is 24.3 Å². The summed E-state index contributed by atoms with van der Waals surface area (Å²) in [7, 11) is 0. The molecule has 1 saturated heterocycles. The zero-order valence-corrected chi connectivity index (χ0v) is 12.7. The zero-order valence-electron chi connectivity index (χ0n) is 12.7. The van der Waals surface area contributed by atoms with Crippen molar-refractivity contribution in [1.82, 2.24) is 14.9 Å². The first-order valence-corrected chi connectivity index (χ1v) is 7.82. The number of aliphatic hydroxyl groups excluding tert-OH is 1. The minimum Gasteiger partial charge on any atom is -0.391 e. The zero-order chi connectivity index (χ0) is 16.4. The molecular weight excluding hydrogens is 307 g/mol. The number of aliphatic hydroxyl groups is 1. The van der Waals surface area contributed by atoms with Gasteiger partial charge in [0, 0.05) is 12.5 Å². The third kappa shape index (κ3) is 4.23. The molecule has 23 heavy (non-hydrogen) atoms. The molecule has 0 bridgehead atoms. The number of para-hydroxylation sites is 2. The van der Waals surface area contributed by atoms with Gasteiger partial charge in [-0.15, -0.1) is 0 Å². The van der Waals surface area contributed by atoms with Gasteiger partial charge in [-0.1, -0.05) is 12.1 Å². The number of piperidine rings is 1. The molecular formula is C16H20F3N3O. The highest BCUT2D eigenvalue weighted by Gasteiger charge is 2.32. The fourth-order valence-electron chi connectivity index (χ4n) is 3.18. The molecule has 0 amide bonds. The Morgan fingerprint density at radius 2 is 1.96 bits per heavy atom. The average Bonchev–Trinajstić information content (AvgIpc) is 2.89. The minimum atomic E-state index is -4.31. The third-order valence-corrected chi connectivity index (χ3v) is 4.32. The summed E-state index contributed by atoms with van der Waals surface area (Å²) >= 11 is 0. The standard InChI is InChI=1S/C16H20F3N3O/c17-16(18,19)9-12(23)10-22-7-5-11(6-8-22)15-20-13-3-1-2-4-14(13)21-15/h1-4,11-12,23H,5-10H2,(H,20,21)/t12-/m1/s1. The van der Waals surface area contributed by atoms with Gasteiger partial charge in [0.25, 0.3) is 0 Å². The maximum Gasteiger partial charge on any atom is 0.391 e. The number of hydrogen-bond acceptors (Lipinski definition) is 3.